The Morgan fingerprint density at radius 3 is 2.67 bits per heavy atom. The van der Waals surface area contributed by atoms with Gasteiger partial charge in [-0.2, -0.15) is 8.78 Å². The zero-order chi connectivity index (χ0) is 25.6. The van der Waals surface area contributed by atoms with Gasteiger partial charge in [-0.3, -0.25) is 14.9 Å². The minimum Gasteiger partial charge on any atom is -0.495 e. The second kappa shape index (κ2) is 8.98. The smallest absolute Gasteiger partial charge is 0.342 e. The van der Waals surface area contributed by atoms with Gasteiger partial charge in [-0.05, 0) is 30.2 Å². The van der Waals surface area contributed by atoms with Gasteiger partial charge in [0.25, 0.3) is 5.91 Å². The fourth-order valence-corrected chi connectivity index (χ4v) is 4.88. The summed E-state index contributed by atoms with van der Waals surface area (Å²) in [6.45, 7) is -0.529. The SMILES string of the molecule is COc1cc(C(N)=O)ccc1NC1NCC2=C(N1)N(C1CC1c1ccccc1)CC(F)(F)C(=O)N2C. The summed E-state index contributed by atoms with van der Waals surface area (Å²) < 4.78 is 35.4. The highest BCUT2D eigenvalue weighted by molar-refractivity contribution is 5.94. The first-order valence-electron chi connectivity index (χ1n) is 11.6. The van der Waals surface area contributed by atoms with Crippen molar-refractivity contribution in [2.75, 3.05) is 32.6 Å². The van der Waals surface area contributed by atoms with Crippen LogP contribution < -0.4 is 26.4 Å². The van der Waals surface area contributed by atoms with Crippen LogP contribution in [-0.4, -0.2) is 67.1 Å². The zero-order valence-corrected chi connectivity index (χ0v) is 19.9. The average molecular weight is 499 g/mol. The number of primary amides is 1. The minimum absolute atomic E-state index is 0.0961. The van der Waals surface area contributed by atoms with E-state index in [2.05, 4.69) is 16.0 Å². The van der Waals surface area contributed by atoms with E-state index in [1.165, 1.54) is 20.2 Å². The summed E-state index contributed by atoms with van der Waals surface area (Å²) in [6, 6.07) is 14.4. The number of nitrogens with one attached hydrogen (secondary N) is 3. The van der Waals surface area contributed by atoms with E-state index in [-0.39, 0.29) is 18.5 Å². The Kier molecular flexibility index (Phi) is 5.95. The van der Waals surface area contributed by atoms with Crippen LogP contribution >= 0.6 is 0 Å². The van der Waals surface area contributed by atoms with Gasteiger partial charge in [-0.1, -0.05) is 30.3 Å². The molecular formula is C25H28F2N6O3. The van der Waals surface area contributed by atoms with Gasteiger partial charge in [0.1, 0.15) is 11.6 Å². The van der Waals surface area contributed by atoms with Gasteiger partial charge in [0.15, 0.2) is 6.29 Å². The van der Waals surface area contributed by atoms with Gasteiger partial charge < -0.3 is 30.9 Å². The first kappa shape index (κ1) is 23.9. The number of amides is 2. The monoisotopic (exact) mass is 498 g/mol. The summed E-state index contributed by atoms with van der Waals surface area (Å²) in [6.07, 6.45) is 0.147. The van der Waals surface area contributed by atoms with E-state index in [1.54, 1.807) is 17.0 Å². The van der Waals surface area contributed by atoms with Crippen molar-refractivity contribution in [3.05, 3.63) is 71.2 Å². The van der Waals surface area contributed by atoms with Crippen LogP contribution in [0.4, 0.5) is 14.5 Å². The average Bonchev–Trinajstić information content (AvgIpc) is 3.68. The first-order chi connectivity index (χ1) is 17.2. The molecule has 0 bridgehead atoms. The van der Waals surface area contributed by atoms with Crippen molar-refractivity contribution < 1.29 is 23.1 Å². The molecule has 5 N–H and O–H groups in total. The maximum atomic E-state index is 15.0. The molecule has 11 heteroatoms. The number of rotatable bonds is 6. The summed E-state index contributed by atoms with van der Waals surface area (Å²) in [7, 11) is 2.85. The maximum Gasteiger partial charge on any atom is 0.342 e. The predicted octanol–water partition coefficient (Wildman–Crippen LogP) is 1.82. The predicted molar refractivity (Wildman–Crippen MR) is 129 cm³/mol. The number of benzene rings is 2. The van der Waals surface area contributed by atoms with Crippen molar-refractivity contribution in [3.8, 4) is 5.75 Å². The molecule has 0 saturated heterocycles. The van der Waals surface area contributed by atoms with Gasteiger partial charge >= 0.3 is 5.92 Å². The molecule has 3 aliphatic rings. The number of carbonyl (C=O) groups is 2. The van der Waals surface area contributed by atoms with Crippen molar-refractivity contribution in [2.45, 2.75) is 30.6 Å². The van der Waals surface area contributed by atoms with Crippen LogP contribution in [-0.2, 0) is 4.79 Å². The minimum atomic E-state index is -3.53. The van der Waals surface area contributed by atoms with Crippen LogP contribution in [0.1, 0.15) is 28.3 Å². The third-order valence-electron chi connectivity index (χ3n) is 6.88. The van der Waals surface area contributed by atoms with Crippen LogP contribution in [0.2, 0.25) is 0 Å². The molecule has 1 saturated carbocycles. The molecule has 3 unspecified atom stereocenters. The molecule has 5 rings (SSSR count). The number of alkyl halides is 2. The summed E-state index contributed by atoms with van der Waals surface area (Å²) in [4.78, 5) is 26.8. The quantitative estimate of drug-likeness (QED) is 0.481. The Bertz CT molecular complexity index is 1220. The number of carbonyl (C=O) groups excluding carboxylic acids is 2. The third-order valence-corrected chi connectivity index (χ3v) is 6.88. The third kappa shape index (κ3) is 4.30. The molecule has 2 aromatic rings. The number of methoxy groups -OCH3 is 1. The highest BCUT2D eigenvalue weighted by Crippen LogP contribution is 2.48. The zero-order valence-electron chi connectivity index (χ0n) is 19.9. The van der Waals surface area contributed by atoms with Crippen LogP contribution in [0, 0.1) is 0 Å². The fourth-order valence-electron chi connectivity index (χ4n) is 4.88. The van der Waals surface area contributed by atoms with Crippen molar-refractivity contribution >= 4 is 17.5 Å². The molecule has 36 heavy (non-hydrogen) atoms. The molecule has 1 aliphatic carbocycles. The van der Waals surface area contributed by atoms with Gasteiger partial charge in [0, 0.05) is 31.1 Å². The lowest BCUT2D eigenvalue weighted by atomic mass is 10.1. The molecule has 3 atom stereocenters. The van der Waals surface area contributed by atoms with Crippen LogP contribution in [0.25, 0.3) is 0 Å². The summed E-state index contributed by atoms with van der Waals surface area (Å²) in [5.74, 6) is -4.36. The number of ether oxygens (including phenoxy) is 1. The molecule has 2 aliphatic heterocycles. The Balaban J connectivity index is 1.43. The molecule has 0 radical (unpaired) electrons. The van der Waals surface area contributed by atoms with Crippen molar-refractivity contribution in [3.63, 3.8) is 0 Å². The Labute approximate surface area is 207 Å². The Morgan fingerprint density at radius 1 is 1.22 bits per heavy atom. The van der Waals surface area contributed by atoms with E-state index in [1.807, 2.05) is 30.3 Å². The Morgan fingerprint density at radius 2 is 1.97 bits per heavy atom. The largest absolute Gasteiger partial charge is 0.495 e. The van der Waals surface area contributed by atoms with E-state index in [0.29, 0.717) is 34.9 Å². The topological polar surface area (TPSA) is 112 Å². The van der Waals surface area contributed by atoms with Gasteiger partial charge in [0.2, 0.25) is 5.91 Å². The first-order valence-corrected chi connectivity index (χ1v) is 11.6. The molecule has 2 aromatic carbocycles. The summed E-state index contributed by atoms with van der Waals surface area (Å²) in [5.41, 5.74) is 7.76. The molecule has 0 aromatic heterocycles. The van der Waals surface area contributed by atoms with Gasteiger partial charge in [-0.15, -0.1) is 0 Å². The van der Waals surface area contributed by atoms with E-state index in [4.69, 9.17) is 10.5 Å². The lowest BCUT2D eigenvalue weighted by molar-refractivity contribution is -0.154. The second-order valence-electron chi connectivity index (χ2n) is 9.19. The lowest BCUT2D eigenvalue weighted by Crippen LogP contribution is -2.56. The van der Waals surface area contributed by atoms with E-state index in [0.717, 1.165) is 10.5 Å². The summed E-state index contributed by atoms with van der Waals surface area (Å²) >= 11 is 0. The van der Waals surface area contributed by atoms with Crippen LogP contribution in [0.5, 0.6) is 5.75 Å². The molecule has 1 fully saturated rings. The molecular weight excluding hydrogens is 470 g/mol. The number of likely N-dealkylation sites (N-methyl/N-ethyl adjacent to an activating group) is 1. The highest BCUT2D eigenvalue weighted by atomic mass is 19.3. The van der Waals surface area contributed by atoms with E-state index in [9.17, 15) is 18.4 Å². The second-order valence-corrected chi connectivity index (χ2v) is 9.19. The van der Waals surface area contributed by atoms with Crippen LogP contribution in [0.3, 0.4) is 0 Å². The number of anilines is 1. The maximum absolute atomic E-state index is 15.0. The van der Waals surface area contributed by atoms with Gasteiger partial charge in [-0.25, -0.2) is 0 Å². The molecule has 2 heterocycles. The van der Waals surface area contributed by atoms with E-state index >= 15 is 0 Å². The van der Waals surface area contributed by atoms with Crippen molar-refractivity contribution in [1.82, 2.24) is 20.4 Å². The number of nitrogens with two attached hydrogens (primary N) is 1. The molecule has 9 nitrogen and oxygen atoms in total. The molecule has 0 spiro atoms. The highest BCUT2D eigenvalue weighted by Gasteiger charge is 2.54. The number of nitrogens with zero attached hydrogens (tertiary/aromatic N) is 2. The van der Waals surface area contributed by atoms with E-state index < -0.39 is 30.6 Å². The normalized spacial score (nSPS) is 25.0. The van der Waals surface area contributed by atoms with Crippen LogP contribution in [0.15, 0.2) is 60.0 Å². The van der Waals surface area contributed by atoms with Gasteiger partial charge in [0.05, 0.1) is 25.0 Å². The Hall–Kier alpha value is -3.86. The molecule has 190 valence electrons. The standard InChI is InChI=1S/C25H28F2N6O3/c1-32-19-12-29-24(30-17-9-8-15(21(28)34)10-20(17)36-2)31-22(19)33(13-25(26,27)23(32)35)18-11-16(18)14-6-4-3-5-7-14/h3-10,16,18,24,29-31H,11-13H2,1-2H3,(H2,28,34). The lowest BCUT2D eigenvalue weighted by Gasteiger charge is -2.38. The number of hydrogen-bond acceptors (Lipinski definition) is 7. The fraction of sp³-hybridized carbons (Fsp3) is 0.360. The van der Waals surface area contributed by atoms with Crippen molar-refractivity contribution in [2.24, 2.45) is 5.73 Å². The number of halogens is 2. The molecule has 2 amide bonds. The number of hydrogen-bond donors (Lipinski definition) is 4. The summed E-state index contributed by atoms with van der Waals surface area (Å²) in [5, 5.41) is 9.70. The van der Waals surface area contributed by atoms with Crippen molar-refractivity contribution in [1.29, 1.82) is 0 Å².